The quantitative estimate of drug-likeness (QED) is 0.247. The van der Waals surface area contributed by atoms with Crippen LogP contribution in [0.2, 0.25) is 0 Å². The predicted molar refractivity (Wildman–Crippen MR) is 121 cm³/mol. The maximum Gasteiger partial charge on any atom is 0.343 e. The van der Waals surface area contributed by atoms with E-state index in [0.717, 1.165) is 5.39 Å². The van der Waals surface area contributed by atoms with Crippen molar-refractivity contribution in [2.75, 3.05) is 26.2 Å². The number of hydrogen-bond acceptors (Lipinski definition) is 7. The topological polar surface area (TPSA) is 78.2 Å². The maximum absolute atomic E-state index is 12.7. The lowest BCUT2D eigenvalue weighted by Gasteiger charge is -2.22. The van der Waals surface area contributed by atoms with Gasteiger partial charge in [-0.2, -0.15) is 0 Å². The van der Waals surface area contributed by atoms with Gasteiger partial charge in [0.25, 0.3) is 0 Å². The van der Waals surface area contributed by atoms with Crippen LogP contribution in [0.4, 0.5) is 11.4 Å². The highest BCUT2D eigenvalue weighted by atomic mass is 16.6. The van der Waals surface area contributed by atoms with Crippen LogP contribution >= 0.6 is 0 Å². The van der Waals surface area contributed by atoms with Crippen molar-refractivity contribution in [1.82, 2.24) is 0 Å². The number of ether oxygens (including phenoxy) is 3. The molecule has 7 heteroatoms. The van der Waals surface area contributed by atoms with Crippen molar-refractivity contribution in [3.63, 3.8) is 0 Å². The molecule has 1 heterocycles. The van der Waals surface area contributed by atoms with Crippen LogP contribution < -0.4 is 24.7 Å². The third kappa shape index (κ3) is 4.13. The Balaban J connectivity index is 1.69. The van der Waals surface area contributed by atoms with E-state index in [1.807, 2.05) is 30.1 Å². The van der Waals surface area contributed by atoms with E-state index in [4.69, 9.17) is 18.6 Å². The first-order valence-electron chi connectivity index (χ1n) is 9.81. The van der Waals surface area contributed by atoms with Crippen LogP contribution in [-0.2, 0) is 0 Å². The number of carbonyl (C=O) groups is 1. The van der Waals surface area contributed by atoms with Crippen LogP contribution in [0.1, 0.15) is 10.4 Å². The number of nitrogens with zero attached hydrogens (tertiary/aromatic N) is 1. The molecular formula is C25H21NO6. The van der Waals surface area contributed by atoms with Crippen LogP contribution in [0, 0.1) is 0 Å². The number of anilines is 2. The lowest BCUT2D eigenvalue weighted by atomic mass is 10.1. The van der Waals surface area contributed by atoms with Gasteiger partial charge >= 0.3 is 11.6 Å². The molecule has 7 nitrogen and oxygen atoms in total. The molecule has 1 aromatic heterocycles. The number of hydrogen-bond donors (Lipinski definition) is 0. The summed E-state index contributed by atoms with van der Waals surface area (Å²) in [4.78, 5) is 26.6. The first kappa shape index (κ1) is 21.0. The van der Waals surface area contributed by atoms with Crippen molar-refractivity contribution < 1.29 is 23.4 Å². The molecule has 162 valence electrons. The summed E-state index contributed by atoms with van der Waals surface area (Å²) in [5, 5.41) is 0.780. The Kier molecular flexibility index (Phi) is 5.81. The summed E-state index contributed by atoms with van der Waals surface area (Å²) >= 11 is 0. The van der Waals surface area contributed by atoms with Gasteiger partial charge in [-0.25, -0.2) is 9.59 Å². The molecule has 0 aliphatic rings. The van der Waals surface area contributed by atoms with Gasteiger partial charge in [-0.05, 0) is 48.5 Å². The number of methoxy groups -OCH3 is 2. The minimum absolute atomic E-state index is 0.255. The summed E-state index contributed by atoms with van der Waals surface area (Å²) in [7, 11) is 4.87. The van der Waals surface area contributed by atoms with Gasteiger partial charge < -0.3 is 23.5 Å². The Hall–Kier alpha value is -4.26. The molecule has 0 bridgehead atoms. The number of carbonyl (C=O) groups excluding carboxylic acids is 1. The van der Waals surface area contributed by atoms with Crippen LogP contribution in [0.5, 0.6) is 17.2 Å². The normalized spacial score (nSPS) is 10.6. The van der Waals surface area contributed by atoms with E-state index >= 15 is 0 Å². The summed E-state index contributed by atoms with van der Waals surface area (Å²) in [5.41, 5.74) is 1.76. The van der Waals surface area contributed by atoms with Crippen LogP contribution in [0.25, 0.3) is 11.0 Å². The van der Waals surface area contributed by atoms with Gasteiger partial charge in [-0.3, -0.25) is 0 Å². The van der Waals surface area contributed by atoms with E-state index in [1.165, 1.54) is 13.2 Å². The van der Waals surface area contributed by atoms with E-state index in [2.05, 4.69) is 0 Å². The Bertz CT molecular complexity index is 1330. The largest absolute Gasteiger partial charge is 0.497 e. The number of fused-ring (bicyclic) bond motifs is 1. The second-order valence-electron chi connectivity index (χ2n) is 6.96. The summed E-state index contributed by atoms with van der Waals surface area (Å²) in [6.07, 6.45) is 0. The second kappa shape index (κ2) is 8.85. The molecule has 0 atom stereocenters. The molecule has 32 heavy (non-hydrogen) atoms. The molecule has 0 radical (unpaired) electrons. The smallest absolute Gasteiger partial charge is 0.343 e. The van der Waals surface area contributed by atoms with Crippen molar-refractivity contribution in [2.45, 2.75) is 0 Å². The SMILES string of the molecule is COc1ccc(C(=O)Oc2cc(N(C)c3cc(=O)oc4ccccc34)ccc2OC)cc1. The lowest BCUT2D eigenvalue weighted by Crippen LogP contribution is -2.14. The third-order valence-corrected chi connectivity index (χ3v) is 5.05. The van der Waals surface area contributed by atoms with E-state index in [0.29, 0.717) is 34.0 Å². The number of benzene rings is 3. The Morgan fingerprint density at radius 1 is 0.875 bits per heavy atom. The van der Waals surface area contributed by atoms with Crippen molar-refractivity contribution in [1.29, 1.82) is 0 Å². The second-order valence-corrected chi connectivity index (χ2v) is 6.96. The molecule has 0 aliphatic carbocycles. The fourth-order valence-corrected chi connectivity index (χ4v) is 3.35. The highest BCUT2D eigenvalue weighted by Gasteiger charge is 2.17. The Morgan fingerprint density at radius 2 is 1.62 bits per heavy atom. The van der Waals surface area contributed by atoms with Crippen LogP contribution in [0.3, 0.4) is 0 Å². The zero-order valence-corrected chi connectivity index (χ0v) is 17.8. The van der Waals surface area contributed by atoms with Gasteiger partial charge in [0.05, 0.1) is 25.5 Å². The van der Waals surface area contributed by atoms with Gasteiger partial charge in [0.2, 0.25) is 0 Å². The molecule has 0 saturated heterocycles. The minimum atomic E-state index is -0.531. The van der Waals surface area contributed by atoms with Crippen molar-refractivity contribution in [3.05, 3.63) is 88.8 Å². The standard InChI is InChI=1S/C25H21NO6/c1-26(20-15-24(27)31-21-7-5-4-6-19(20)21)17-10-13-22(30-3)23(14-17)32-25(28)16-8-11-18(29-2)12-9-16/h4-15H,1-3H3. The van der Waals surface area contributed by atoms with Crippen molar-refractivity contribution in [3.8, 4) is 17.2 Å². The van der Waals surface area contributed by atoms with Crippen molar-refractivity contribution in [2.24, 2.45) is 0 Å². The third-order valence-electron chi connectivity index (χ3n) is 5.05. The van der Waals surface area contributed by atoms with Gasteiger partial charge in [0, 0.05) is 30.3 Å². The summed E-state index contributed by atoms with van der Waals surface area (Å²) in [5.74, 6) is 0.769. The van der Waals surface area contributed by atoms with Crippen LogP contribution in [0.15, 0.2) is 82.0 Å². The van der Waals surface area contributed by atoms with Gasteiger partial charge in [-0.15, -0.1) is 0 Å². The predicted octanol–water partition coefficient (Wildman–Crippen LogP) is 4.80. The fraction of sp³-hybridized carbons (Fsp3) is 0.120. The molecule has 3 aromatic carbocycles. The summed E-state index contributed by atoms with van der Waals surface area (Å²) in [6.45, 7) is 0. The number of para-hydroxylation sites is 1. The van der Waals surface area contributed by atoms with Crippen LogP contribution in [-0.4, -0.2) is 27.2 Å². The average molecular weight is 431 g/mol. The van der Waals surface area contributed by atoms with E-state index in [-0.39, 0.29) is 5.75 Å². The maximum atomic E-state index is 12.7. The lowest BCUT2D eigenvalue weighted by molar-refractivity contribution is 0.0730. The van der Waals surface area contributed by atoms with Gasteiger partial charge in [0.15, 0.2) is 11.5 Å². The van der Waals surface area contributed by atoms with Crippen molar-refractivity contribution >= 4 is 28.3 Å². The highest BCUT2D eigenvalue weighted by Crippen LogP contribution is 2.36. The number of esters is 1. The Labute approximate surface area is 184 Å². The molecule has 0 fully saturated rings. The summed E-state index contributed by atoms with van der Waals surface area (Å²) in [6, 6.07) is 20.5. The van der Waals surface area contributed by atoms with E-state index in [9.17, 15) is 9.59 Å². The first-order valence-corrected chi connectivity index (χ1v) is 9.81. The number of rotatable bonds is 6. The zero-order valence-electron chi connectivity index (χ0n) is 17.8. The van der Waals surface area contributed by atoms with Gasteiger partial charge in [-0.1, -0.05) is 12.1 Å². The molecule has 0 aliphatic heterocycles. The molecule has 0 spiro atoms. The Morgan fingerprint density at radius 3 is 2.34 bits per heavy atom. The molecule has 0 amide bonds. The molecule has 0 unspecified atom stereocenters. The average Bonchev–Trinajstić information content (AvgIpc) is 2.83. The molecule has 4 aromatic rings. The minimum Gasteiger partial charge on any atom is -0.497 e. The molecule has 4 rings (SSSR count). The fourth-order valence-electron chi connectivity index (χ4n) is 3.35. The molecule has 0 N–H and O–H groups in total. The zero-order chi connectivity index (χ0) is 22.7. The molecule has 0 saturated carbocycles. The highest BCUT2D eigenvalue weighted by molar-refractivity contribution is 5.93. The summed E-state index contributed by atoms with van der Waals surface area (Å²) < 4.78 is 21.4. The van der Waals surface area contributed by atoms with E-state index < -0.39 is 11.6 Å². The monoisotopic (exact) mass is 431 g/mol. The molecular weight excluding hydrogens is 410 g/mol. The van der Waals surface area contributed by atoms with E-state index in [1.54, 1.807) is 55.6 Å². The van der Waals surface area contributed by atoms with Gasteiger partial charge in [0.1, 0.15) is 11.3 Å². The first-order chi connectivity index (χ1) is 15.5.